The lowest BCUT2D eigenvalue weighted by molar-refractivity contribution is -0.175. The highest BCUT2D eigenvalue weighted by atomic mass is 35.5. The highest BCUT2D eigenvalue weighted by molar-refractivity contribution is 6.18. The first kappa shape index (κ1) is 46.5. The number of carbonyl (C=O) groups excluding carboxylic acids is 5. The number of alkyl halides is 3. The van der Waals surface area contributed by atoms with E-state index in [9.17, 15) is 29.1 Å². The Morgan fingerprint density at radius 2 is 1.59 bits per heavy atom. The van der Waals surface area contributed by atoms with E-state index in [4.69, 9.17) is 49.0 Å². The molecule has 0 saturated carbocycles. The van der Waals surface area contributed by atoms with Crippen LogP contribution in [0.1, 0.15) is 77.1 Å². The summed E-state index contributed by atoms with van der Waals surface area (Å²) in [5.41, 5.74) is -0.215. The molecule has 5 atom stereocenters. The normalized spacial score (nSPS) is 20.7. The van der Waals surface area contributed by atoms with E-state index in [-0.39, 0.29) is 36.0 Å². The van der Waals surface area contributed by atoms with E-state index in [1.54, 1.807) is 0 Å². The van der Waals surface area contributed by atoms with Crippen LogP contribution in [0.2, 0.25) is 0 Å². The van der Waals surface area contributed by atoms with Gasteiger partial charge in [-0.1, -0.05) is 46.1 Å². The first-order valence-electron chi connectivity index (χ1n) is 16.2. The molecule has 49 heavy (non-hydrogen) atoms. The predicted octanol–water partition coefficient (Wildman–Crippen LogP) is 5.52. The summed E-state index contributed by atoms with van der Waals surface area (Å²) in [5.74, 6) is -2.33. The zero-order valence-electron chi connectivity index (χ0n) is 28.8. The van der Waals surface area contributed by atoms with Gasteiger partial charge in [0.2, 0.25) is 6.41 Å². The van der Waals surface area contributed by atoms with Gasteiger partial charge >= 0.3 is 17.9 Å². The van der Waals surface area contributed by atoms with E-state index in [1.807, 2.05) is 20.8 Å². The van der Waals surface area contributed by atoms with Crippen molar-refractivity contribution in [2.75, 3.05) is 42.6 Å². The van der Waals surface area contributed by atoms with Gasteiger partial charge in [0, 0.05) is 43.7 Å². The Kier molecular flexibility index (Phi) is 24.1. The number of amides is 2. The maximum Gasteiger partial charge on any atom is 0.332 e. The van der Waals surface area contributed by atoms with Gasteiger partial charge in [-0.3, -0.25) is 24.1 Å². The summed E-state index contributed by atoms with van der Waals surface area (Å²) >= 11 is 16.6. The summed E-state index contributed by atoms with van der Waals surface area (Å²) in [7, 11) is 0. The third-order valence-electron chi connectivity index (χ3n) is 7.43. The third-order valence-corrected chi connectivity index (χ3v) is 7.94. The van der Waals surface area contributed by atoms with Gasteiger partial charge in [-0.05, 0) is 38.3 Å². The van der Waals surface area contributed by atoms with Crippen LogP contribution < -0.4 is 10.6 Å². The van der Waals surface area contributed by atoms with E-state index in [1.165, 1.54) is 32.0 Å². The number of para-hydroxylation sites is 1. The molecule has 280 valence electrons. The topological polar surface area (TPSA) is 161 Å². The van der Waals surface area contributed by atoms with Crippen molar-refractivity contribution >= 4 is 83.1 Å². The fourth-order valence-corrected chi connectivity index (χ4v) is 5.64. The molecule has 1 saturated heterocycles. The van der Waals surface area contributed by atoms with Crippen LogP contribution in [0.5, 0.6) is 5.75 Å². The molecule has 1 aliphatic rings. The molecule has 0 bridgehead atoms. The van der Waals surface area contributed by atoms with Gasteiger partial charge in [0.15, 0.2) is 17.9 Å². The number of phenols is 1. The third kappa shape index (κ3) is 16.4. The molecule has 12 nitrogen and oxygen atoms in total. The summed E-state index contributed by atoms with van der Waals surface area (Å²) < 4.78 is 16.9. The maximum atomic E-state index is 13.3. The average Bonchev–Trinajstić information content (AvgIpc) is 3.04. The summed E-state index contributed by atoms with van der Waals surface area (Å²) in [6.45, 7) is 11.3. The van der Waals surface area contributed by atoms with E-state index in [2.05, 4.69) is 15.5 Å². The van der Waals surface area contributed by atoms with Crippen molar-refractivity contribution < 1.29 is 43.3 Å². The highest BCUT2D eigenvalue weighted by Crippen LogP contribution is 2.29. The van der Waals surface area contributed by atoms with E-state index < -0.39 is 59.8 Å². The SMILES string of the molecule is CCCCCC1C(=O)OC(C)C(NC(=O)c2cccc(NC=O)c2O)C(=O)OC(C)C1OC(=O)CC(C)C.Cl.ClCCN(CCCl)CCCl. The molecule has 1 fully saturated rings. The summed E-state index contributed by atoms with van der Waals surface area (Å²) in [4.78, 5) is 64.9. The average molecular weight is 776 g/mol. The van der Waals surface area contributed by atoms with Crippen molar-refractivity contribution in [1.82, 2.24) is 10.2 Å². The van der Waals surface area contributed by atoms with Crippen LogP contribution in [-0.2, 0) is 33.4 Å². The summed E-state index contributed by atoms with van der Waals surface area (Å²) in [5, 5.41) is 15.1. The first-order chi connectivity index (χ1) is 22.8. The minimum atomic E-state index is -1.42. The minimum absolute atomic E-state index is 0. The van der Waals surface area contributed by atoms with Gasteiger partial charge in [-0.25, -0.2) is 4.79 Å². The number of ether oxygens (including phenoxy) is 3. The molecule has 1 aromatic carbocycles. The van der Waals surface area contributed by atoms with Crippen molar-refractivity contribution in [1.29, 1.82) is 0 Å². The largest absolute Gasteiger partial charge is 0.505 e. The number of halogens is 4. The lowest BCUT2D eigenvalue weighted by Crippen LogP contribution is -2.50. The molecule has 5 unspecified atom stereocenters. The van der Waals surface area contributed by atoms with E-state index in [0.717, 1.165) is 32.5 Å². The Bertz CT molecular complexity index is 1160. The van der Waals surface area contributed by atoms with Crippen molar-refractivity contribution in [3.8, 4) is 5.75 Å². The van der Waals surface area contributed by atoms with E-state index in [0.29, 0.717) is 36.9 Å². The predicted molar refractivity (Wildman–Crippen MR) is 193 cm³/mol. The molecule has 0 aromatic heterocycles. The number of hydrogen-bond donors (Lipinski definition) is 3. The van der Waals surface area contributed by atoms with Gasteiger partial charge < -0.3 is 30.0 Å². The molecule has 2 rings (SSSR count). The van der Waals surface area contributed by atoms with Crippen LogP contribution >= 0.6 is 47.2 Å². The second kappa shape index (κ2) is 25.4. The minimum Gasteiger partial charge on any atom is -0.505 e. The molecule has 1 aromatic rings. The number of carbonyl (C=O) groups is 5. The van der Waals surface area contributed by atoms with E-state index >= 15 is 0 Å². The molecule has 2 amide bonds. The highest BCUT2D eigenvalue weighted by Gasteiger charge is 2.44. The molecular weight excluding hydrogens is 724 g/mol. The molecular formula is C33H51Cl4N3O9. The maximum absolute atomic E-state index is 13.3. The summed E-state index contributed by atoms with van der Waals surface area (Å²) in [6, 6.07) is 2.71. The first-order valence-corrected chi connectivity index (χ1v) is 17.8. The molecule has 16 heteroatoms. The van der Waals surface area contributed by atoms with Gasteiger partial charge in [0.1, 0.15) is 12.2 Å². The fourth-order valence-electron chi connectivity index (χ4n) is 4.92. The van der Waals surface area contributed by atoms with Crippen LogP contribution in [-0.4, -0.2) is 102 Å². The molecule has 0 aliphatic carbocycles. The van der Waals surface area contributed by atoms with Crippen LogP contribution in [0.15, 0.2) is 18.2 Å². The summed E-state index contributed by atoms with van der Waals surface area (Å²) in [6.07, 6.45) is 0.0639. The number of esters is 3. The molecule has 0 radical (unpaired) electrons. The number of unbranched alkanes of at least 4 members (excludes halogenated alkanes) is 2. The molecule has 1 heterocycles. The lowest BCUT2D eigenvalue weighted by atomic mass is 9.92. The Morgan fingerprint density at radius 1 is 1.00 bits per heavy atom. The van der Waals surface area contributed by atoms with Crippen LogP contribution in [0.25, 0.3) is 0 Å². The second-order valence-electron chi connectivity index (χ2n) is 11.8. The Balaban J connectivity index is 0.00000181. The zero-order chi connectivity index (χ0) is 36.2. The molecule has 1 aliphatic heterocycles. The van der Waals surface area contributed by atoms with Gasteiger partial charge in [-0.15, -0.1) is 47.2 Å². The van der Waals surface area contributed by atoms with Gasteiger partial charge in [0.05, 0.1) is 17.2 Å². The van der Waals surface area contributed by atoms with Gasteiger partial charge in [-0.2, -0.15) is 0 Å². The van der Waals surface area contributed by atoms with Gasteiger partial charge in [0.25, 0.3) is 5.91 Å². The fraction of sp³-hybridized carbons (Fsp3) is 0.667. The monoisotopic (exact) mass is 773 g/mol. The smallest absolute Gasteiger partial charge is 0.332 e. The Hall–Kier alpha value is -2.51. The standard InChI is InChI=1S/C27H38N2O9.C6H12Cl3N.ClH/c1-6-7-8-10-19-24(38-21(31)13-15(2)3)17(5)37-27(35)22(16(4)36-26(19)34)29-25(33)18-11-9-12-20(23(18)32)28-14-30;7-1-4-10(5-2-8)6-3-9;/h9,11-12,14-17,19,22,24,32H,6-8,10,13H2,1-5H3,(H,28,30)(H,29,33);1-6H2;1H. The number of aromatic hydroxyl groups is 1. The molecule has 0 spiro atoms. The van der Waals surface area contributed by atoms with Crippen molar-refractivity contribution in [3.63, 3.8) is 0 Å². The number of hydrogen-bond acceptors (Lipinski definition) is 10. The zero-order valence-corrected chi connectivity index (χ0v) is 31.8. The lowest BCUT2D eigenvalue weighted by Gasteiger charge is -2.29. The second-order valence-corrected chi connectivity index (χ2v) is 12.9. The number of benzene rings is 1. The Labute approximate surface area is 310 Å². The van der Waals surface area contributed by atoms with Crippen LogP contribution in [0.3, 0.4) is 0 Å². The number of rotatable bonds is 17. The number of nitrogens with one attached hydrogen (secondary N) is 2. The molecule has 3 N–H and O–H groups in total. The number of anilines is 1. The number of phenolic OH excluding ortho intramolecular Hbond substituents is 1. The number of cyclic esters (lactones) is 2. The quantitative estimate of drug-likeness (QED) is 0.0460. The van der Waals surface area contributed by atoms with Crippen LogP contribution in [0.4, 0.5) is 5.69 Å². The Morgan fingerprint density at radius 3 is 2.12 bits per heavy atom. The van der Waals surface area contributed by atoms with Crippen LogP contribution in [0, 0.1) is 11.8 Å². The van der Waals surface area contributed by atoms with Crippen molar-refractivity contribution in [3.05, 3.63) is 23.8 Å². The van der Waals surface area contributed by atoms with Crippen molar-refractivity contribution in [2.45, 2.75) is 91.1 Å². The van der Waals surface area contributed by atoms with Crippen molar-refractivity contribution in [2.24, 2.45) is 11.8 Å². The number of nitrogens with zero attached hydrogens (tertiary/aromatic N) is 1.